The highest BCUT2D eigenvalue weighted by atomic mass is 16.5. The van der Waals surface area contributed by atoms with Gasteiger partial charge in [0.2, 0.25) is 5.69 Å². The molecule has 3 rings (SSSR count). The highest BCUT2D eigenvalue weighted by Crippen LogP contribution is 2.16. The van der Waals surface area contributed by atoms with Crippen molar-refractivity contribution in [2.24, 2.45) is 5.41 Å². The fourth-order valence-corrected chi connectivity index (χ4v) is 2.68. The normalized spacial score (nSPS) is 15.9. The zero-order valence-electron chi connectivity index (χ0n) is 14.1. The molecule has 1 aliphatic heterocycles. The van der Waals surface area contributed by atoms with Crippen molar-refractivity contribution >= 4 is 17.4 Å². The minimum absolute atomic E-state index is 0.0538. The van der Waals surface area contributed by atoms with Crippen LogP contribution >= 0.6 is 0 Å². The number of aromatic amines is 1. The number of hydrogen-bond donors (Lipinski definition) is 2. The predicted molar refractivity (Wildman–Crippen MR) is 88.8 cm³/mol. The Morgan fingerprint density at radius 1 is 1.35 bits per heavy atom. The van der Waals surface area contributed by atoms with Gasteiger partial charge in [0.25, 0.3) is 5.91 Å². The van der Waals surface area contributed by atoms with Gasteiger partial charge in [0, 0.05) is 6.54 Å². The lowest BCUT2D eigenvalue weighted by Gasteiger charge is -2.21. The van der Waals surface area contributed by atoms with Gasteiger partial charge in [-0.1, -0.05) is 26.8 Å². The smallest absolute Gasteiger partial charge is 0.363 e. The van der Waals surface area contributed by atoms with Crippen LogP contribution in [0.5, 0.6) is 0 Å². The molecule has 2 aromatic heterocycles. The molecule has 3 heterocycles. The molecule has 0 aromatic carbocycles. The summed E-state index contributed by atoms with van der Waals surface area (Å²) in [6, 6.07) is 5.89. The summed E-state index contributed by atoms with van der Waals surface area (Å²) < 4.78 is 7.46. The summed E-state index contributed by atoms with van der Waals surface area (Å²) in [4.78, 5) is 18.1. The SMILES string of the molecule is CC(C)(C)CNC(=O)c1[nH]c(N2CCOCC2)[n+]2ccccc12. The van der Waals surface area contributed by atoms with Crippen LogP contribution in [-0.2, 0) is 4.74 Å². The maximum atomic E-state index is 12.6. The van der Waals surface area contributed by atoms with Crippen molar-refractivity contribution in [3.63, 3.8) is 0 Å². The van der Waals surface area contributed by atoms with Crippen molar-refractivity contribution < 1.29 is 13.9 Å². The van der Waals surface area contributed by atoms with E-state index in [0.29, 0.717) is 25.5 Å². The number of amides is 1. The molecule has 0 bridgehead atoms. The molecule has 2 aromatic rings. The van der Waals surface area contributed by atoms with Gasteiger partial charge >= 0.3 is 5.95 Å². The molecule has 23 heavy (non-hydrogen) atoms. The van der Waals surface area contributed by atoms with Crippen LogP contribution in [0.25, 0.3) is 5.52 Å². The van der Waals surface area contributed by atoms with E-state index in [-0.39, 0.29) is 11.3 Å². The van der Waals surface area contributed by atoms with Crippen LogP contribution in [0.2, 0.25) is 0 Å². The average molecular weight is 317 g/mol. The molecule has 0 saturated carbocycles. The van der Waals surface area contributed by atoms with Crippen molar-refractivity contribution in [1.82, 2.24) is 10.3 Å². The minimum atomic E-state index is -0.0665. The number of aromatic nitrogens is 2. The van der Waals surface area contributed by atoms with Gasteiger partial charge in [0.1, 0.15) is 0 Å². The van der Waals surface area contributed by atoms with E-state index in [4.69, 9.17) is 4.74 Å². The fraction of sp³-hybridized carbons (Fsp3) is 0.529. The molecule has 1 fully saturated rings. The molecule has 1 saturated heterocycles. The van der Waals surface area contributed by atoms with Crippen LogP contribution in [0, 0.1) is 5.41 Å². The van der Waals surface area contributed by atoms with Crippen LogP contribution in [0.15, 0.2) is 24.4 Å². The van der Waals surface area contributed by atoms with E-state index in [1.54, 1.807) is 0 Å². The Kier molecular flexibility index (Phi) is 4.26. The maximum Gasteiger partial charge on any atom is 0.363 e. The standard InChI is InChI=1S/C17H24N4O2/c1-17(2,3)12-18-15(22)14-13-6-4-5-7-21(13)16(19-14)20-8-10-23-11-9-20/h4-7H,8-12H2,1-3H3,(H,18,22)/p+1. The highest BCUT2D eigenvalue weighted by Gasteiger charge is 2.28. The third-order valence-electron chi connectivity index (χ3n) is 3.90. The summed E-state index contributed by atoms with van der Waals surface area (Å²) >= 11 is 0. The fourth-order valence-electron chi connectivity index (χ4n) is 2.68. The highest BCUT2D eigenvalue weighted by molar-refractivity contribution is 5.98. The zero-order valence-corrected chi connectivity index (χ0v) is 14.1. The number of ether oxygens (including phenoxy) is 1. The number of imidazole rings is 1. The van der Waals surface area contributed by atoms with Crippen molar-refractivity contribution in [3.8, 4) is 0 Å². The van der Waals surface area contributed by atoms with Crippen molar-refractivity contribution in [1.29, 1.82) is 0 Å². The number of rotatable bonds is 3. The summed E-state index contributed by atoms with van der Waals surface area (Å²) in [6.07, 6.45) is 1.98. The number of nitrogens with zero attached hydrogens (tertiary/aromatic N) is 2. The first kappa shape index (κ1) is 15.8. The summed E-state index contributed by atoms with van der Waals surface area (Å²) in [7, 11) is 0. The van der Waals surface area contributed by atoms with Crippen LogP contribution in [0.1, 0.15) is 31.3 Å². The summed E-state index contributed by atoms with van der Waals surface area (Å²) in [5.41, 5.74) is 1.55. The molecular weight excluding hydrogens is 292 g/mol. The number of H-pyrrole nitrogens is 1. The number of fused-ring (bicyclic) bond motifs is 1. The average Bonchev–Trinajstić information content (AvgIpc) is 2.92. The molecule has 124 valence electrons. The molecule has 6 heteroatoms. The largest absolute Gasteiger partial charge is 0.375 e. The van der Waals surface area contributed by atoms with Crippen LogP contribution in [0.3, 0.4) is 0 Å². The first-order valence-electron chi connectivity index (χ1n) is 8.09. The second kappa shape index (κ2) is 6.20. The molecule has 0 aliphatic carbocycles. The Hall–Kier alpha value is -2.08. The lowest BCUT2D eigenvalue weighted by atomic mass is 9.97. The van der Waals surface area contributed by atoms with Gasteiger partial charge < -0.3 is 10.1 Å². The lowest BCUT2D eigenvalue weighted by molar-refractivity contribution is -0.497. The van der Waals surface area contributed by atoms with Crippen LogP contribution in [0.4, 0.5) is 5.95 Å². The van der Waals surface area contributed by atoms with Crippen molar-refractivity contribution in [3.05, 3.63) is 30.1 Å². The maximum absolute atomic E-state index is 12.6. The Morgan fingerprint density at radius 3 is 2.78 bits per heavy atom. The molecule has 6 nitrogen and oxygen atoms in total. The van der Waals surface area contributed by atoms with E-state index < -0.39 is 0 Å². The second-order valence-corrected chi connectivity index (χ2v) is 7.12. The third-order valence-corrected chi connectivity index (χ3v) is 3.90. The number of nitrogens with one attached hydrogen (secondary N) is 2. The van der Waals surface area contributed by atoms with Gasteiger partial charge in [-0.15, -0.1) is 0 Å². The molecule has 0 atom stereocenters. The van der Waals surface area contributed by atoms with Gasteiger partial charge in [-0.05, 0) is 17.5 Å². The van der Waals surface area contributed by atoms with Crippen LogP contribution in [-0.4, -0.2) is 43.7 Å². The summed E-state index contributed by atoms with van der Waals surface area (Å²) in [6.45, 7) is 10.0. The Balaban J connectivity index is 1.92. The molecular formula is C17H25N4O2+. The third kappa shape index (κ3) is 3.47. The topological polar surface area (TPSA) is 61.5 Å². The molecule has 2 N–H and O–H groups in total. The van der Waals surface area contributed by atoms with Gasteiger partial charge in [0.05, 0.1) is 32.5 Å². The Morgan fingerprint density at radius 2 is 2.09 bits per heavy atom. The molecule has 1 aliphatic rings. The predicted octanol–water partition coefficient (Wildman–Crippen LogP) is 1.37. The van der Waals surface area contributed by atoms with E-state index in [9.17, 15) is 4.79 Å². The number of pyridine rings is 1. The second-order valence-electron chi connectivity index (χ2n) is 7.12. The number of morpholine rings is 1. The van der Waals surface area contributed by atoms with E-state index in [1.165, 1.54) is 0 Å². The quantitative estimate of drug-likeness (QED) is 0.841. The molecule has 0 spiro atoms. The zero-order chi connectivity index (χ0) is 16.4. The van der Waals surface area contributed by atoms with Crippen LogP contribution < -0.4 is 14.6 Å². The Labute approximate surface area is 136 Å². The number of carbonyl (C=O) groups excluding carboxylic acids is 1. The van der Waals surface area contributed by atoms with Crippen molar-refractivity contribution in [2.75, 3.05) is 37.7 Å². The summed E-state index contributed by atoms with van der Waals surface area (Å²) in [5.74, 6) is 0.868. The van der Waals surface area contributed by atoms with Gasteiger partial charge in [0.15, 0.2) is 5.52 Å². The van der Waals surface area contributed by atoms with E-state index in [1.807, 2.05) is 28.8 Å². The number of hydrogen-bond acceptors (Lipinski definition) is 3. The molecule has 0 unspecified atom stereocenters. The van der Waals surface area contributed by atoms with Crippen molar-refractivity contribution in [2.45, 2.75) is 20.8 Å². The van der Waals surface area contributed by atoms with E-state index in [0.717, 1.165) is 24.6 Å². The van der Waals surface area contributed by atoms with Gasteiger partial charge in [-0.25, -0.2) is 9.38 Å². The lowest BCUT2D eigenvalue weighted by Crippen LogP contribution is -2.41. The molecule has 1 amide bonds. The van der Waals surface area contributed by atoms with E-state index in [2.05, 4.69) is 36.0 Å². The first-order valence-corrected chi connectivity index (χ1v) is 8.09. The monoisotopic (exact) mass is 317 g/mol. The number of carbonyl (C=O) groups is 1. The minimum Gasteiger partial charge on any atom is -0.375 e. The van der Waals surface area contributed by atoms with E-state index >= 15 is 0 Å². The Bertz CT molecular complexity index is 696. The molecule has 0 radical (unpaired) electrons. The first-order chi connectivity index (χ1) is 11.0. The van der Waals surface area contributed by atoms with Gasteiger partial charge in [-0.2, -0.15) is 0 Å². The summed E-state index contributed by atoms with van der Waals surface area (Å²) in [5, 5.41) is 3.02. The van der Waals surface area contributed by atoms with Gasteiger partial charge in [-0.3, -0.25) is 9.69 Å². The number of anilines is 1.